The number of carbonyl (C=O) groups excluding carboxylic acids is 2. The third-order valence-corrected chi connectivity index (χ3v) is 8.63. The third-order valence-electron chi connectivity index (χ3n) is 7.21. The smallest absolute Gasteiger partial charge is 0.240 e. The van der Waals surface area contributed by atoms with Crippen LogP contribution in [0.5, 0.6) is 5.75 Å². The van der Waals surface area contributed by atoms with Crippen LogP contribution in [0.25, 0.3) is 11.3 Å². The van der Waals surface area contributed by atoms with Gasteiger partial charge in [-0.2, -0.15) is 0 Å². The number of benzene rings is 2. The largest absolute Gasteiger partial charge is 0.497 e. The summed E-state index contributed by atoms with van der Waals surface area (Å²) in [4.78, 5) is 26.5. The zero-order chi connectivity index (χ0) is 25.1. The number of furan rings is 1. The molecule has 2 aromatic carbocycles. The van der Waals surface area contributed by atoms with Gasteiger partial charge >= 0.3 is 0 Å². The van der Waals surface area contributed by atoms with Crippen molar-refractivity contribution in [1.29, 1.82) is 0 Å². The fraction of sp³-hybridized carbons (Fsp3) is 0.333. The van der Waals surface area contributed by atoms with E-state index in [9.17, 15) is 18.0 Å². The molecule has 0 unspecified atom stereocenters. The zero-order valence-corrected chi connectivity index (χ0v) is 21.0. The molecular weight excluding hydrogens is 466 g/mol. The van der Waals surface area contributed by atoms with Gasteiger partial charge in [0.25, 0.3) is 0 Å². The molecule has 35 heavy (non-hydrogen) atoms. The van der Waals surface area contributed by atoms with Gasteiger partial charge in [-0.05, 0) is 67.0 Å². The first kappa shape index (κ1) is 23.5. The standard InChI is InChI=1S/C27H27NO6S/c1-15-21(14-28-35(31,32)17-9-7-16(33-4)8-10-17)34-26-19-11-12-20-18(6-5-13-27(20,2)3)23(19)25(30)24(29)22(15)26/h7-12,28H,5-6,13-14H2,1-4H3. The second kappa shape index (κ2) is 8.17. The van der Waals surface area contributed by atoms with Gasteiger partial charge < -0.3 is 9.15 Å². The maximum Gasteiger partial charge on any atom is 0.240 e. The zero-order valence-electron chi connectivity index (χ0n) is 20.2. The van der Waals surface area contributed by atoms with Gasteiger partial charge in [0.05, 0.1) is 24.1 Å². The van der Waals surface area contributed by atoms with Gasteiger partial charge in [0, 0.05) is 16.7 Å². The number of carbonyl (C=O) groups is 2. The fourth-order valence-electron chi connectivity index (χ4n) is 5.25. The van der Waals surface area contributed by atoms with E-state index in [1.54, 1.807) is 19.1 Å². The van der Waals surface area contributed by atoms with E-state index < -0.39 is 21.6 Å². The van der Waals surface area contributed by atoms with Crippen LogP contribution < -0.4 is 9.46 Å². The summed E-state index contributed by atoms with van der Waals surface area (Å²) in [6.07, 6.45) is 2.70. The molecule has 3 aromatic rings. The van der Waals surface area contributed by atoms with E-state index in [1.165, 1.54) is 19.2 Å². The Kier molecular flexibility index (Phi) is 5.49. The highest BCUT2D eigenvalue weighted by molar-refractivity contribution is 7.89. The lowest BCUT2D eigenvalue weighted by atomic mass is 9.69. The van der Waals surface area contributed by atoms with E-state index in [-0.39, 0.29) is 22.4 Å². The summed E-state index contributed by atoms with van der Waals surface area (Å²) in [6, 6.07) is 9.92. The number of hydrogen-bond donors (Lipinski definition) is 1. The number of nitrogens with one attached hydrogen (secondary N) is 1. The second-order valence-corrected chi connectivity index (χ2v) is 11.5. The van der Waals surface area contributed by atoms with Crippen molar-refractivity contribution >= 4 is 21.6 Å². The predicted molar refractivity (Wildman–Crippen MR) is 131 cm³/mol. The van der Waals surface area contributed by atoms with Gasteiger partial charge in [-0.15, -0.1) is 0 Å². The number of fused-ring (bicyclic) bond motifs is 5. The van der Waals surface area contributed by atoms with Crippen LogP contribution in [0.15, 0.2) is 45.7 Å². The van der Waals surface area contributed by atoms with Gasteiger partial charge in [-0.3, -0.25) is 9.59 Å². The minimum absolute atomic E-state index is 0.0732. The Labute approximate surface area is 204 Å². The summed E-state index contributed by atoms with van der Waals surface area (Å²) in [5, 5.41) is 0. The quantitative estimate of drug-likeness (QED) is 0.515. The second-order valence-electron chi connectivity index (χ2n) is 9.76. The molecular formula is C27H27NO6S. The van der Waals surface area contributed by atoms with E-state index in [2.05, 4.69) is 18.6 Å². The normalized spacial score (nSPS) is 16.5. The van der Waals surface area contributed by atoms with E-state index in [1.807, 2.05) is 12.1 Å². The molecule has 182 valence electrons. The number of sulfonamides is 1. The molecule has 2 aliphatic rings. The summed E-state index contributed by atoms with van der Waals surface area (Å²) in [7, 11) is -2.32. The Balaban J connectivity index is 1.52. The molecule has 0 saturated carbocycles. The Morgan fingerprint density at radius 2 is 1.71 bits per heavy atom. The fourth-order valence-corrected chi connectivity index (χ4v) is 6.23. The summed E-state index contributed by atoms with van der Waals surface area (Å²) in [5.41, 5.74) is 3.69. The highest BCUT2D eigenvalue weighted by Gasteiger charge is 2.40. The molecule has 8 heteroatoms. The van der Waals surface area contributed by atoms with Crippen molar-refractivity contribution < 1.29 is 27.2 Å². The number of ether oxygens (including phenoxy) is 1. The van der Waals surface area contributed by atoms with Crippen molar-refractivity contribution in [2.75, 3.05) is 7.11 Å². The van der Waals surface area contributed by atoms with Crippen LogP contribution in [-0.2, 0) is 28.4 Å². The van der Waals surface area contributed by atoms with Crippen LogP contribution in [0, 0.1) is 6.92 Å². The molecule has 0 saturated heterocycles. The Hall–Kier alpha value is -3.23. The van der Waals surface area contributed by atoms with Crippen molar-refractivity contribution in [1.82, 2.24) is 4.72 Å². The summed E-state index contributed by atoms with van der Waals surface area (Å²) in [6.45, 7) is 5.84. The van der Waals surface area contributed by atoms with E-state index >= 15 is 0 Å². The van der Waals surface area contributed by atoms with Crippen LogP contribution in [0.3, 0.4) is 0 Å². The van der Waals surface area contributed by atoms with E-state index in [4.69, 9.17) is 9.15 Å². The van der Waals surface area contributed by atoms with Gasteiger partial charge in [-0.1, -0.05) is 26.0 Å². The molecule has 0 amide bonds. The molecule has 0 aliphatic heterocycles. The third kappa shape index (κ3) is 3.72. The Bertz CT molecular complexity index is 1480. The maximum atomic E-state index is 13.3. The first-order chi connectivity index (χ1) is 16.5. The molecule has 0 spiro atoms. The highest BCUT2D eigenvalue weighted by atomic mass is 32.2. The molecule has 0 fully saturated rings. The van der Waals surface area contributed by atoms with Gasteiger partial charge in [0.1, 0.15) is 17.3 Å². The van der Waals surface area contributed by atoms with Crippen molar-refractivity contribution in [3.63, 3.8) is 0 Å². The van der Waals surface area contributed by atoms with Crippen LogP contribution >= 0.6 is 0 Å². The first-order valence-corrected chi connectivity index (χ1v) is 13.0. The van der Waals surface area contributed by atoms with Crippen molar-refractivity contribution in [2.45, 2.75) is 56.9 Å². The topological polar surface area (TPSA) is 103 Å². The van der Waals surface area contributed by atoms with Crippen LogP contribution in [0.4, 0.5) is 0 Å². The van der Waals surface area contributed by atoms with Crippen LogP contribution in [0.1, 0.15) is 69.9 Å². The molecule has 0 radical (unpaired) electrons. The summed E-state index contributed by atoms with van der Waals surface area (Å²) >= 11 is 0. The van der Waals surface area contributed by atoms with Crippen molar-refractivity contribution in [2.24, 2.45) is 0 Å². The van der Waals surface area contributed by atoms with Crippen LogP contribution in [-0.4, -0.2) is 27.1 Å². The Morgan fingerprint density at radius 3 is 2.40 bits per heavy atom. The Morgan fingerprint density at radius 1 is 1.03 bits per heavy atom. The summed E-state index contributed by atoms with van der Waals surface area (Å²) in [5.74, 6) is 0.0723. The van der Waals surface area contributed by atoms with Crippen molar-refractivity contribution in [3.8, 4) is 17.1 Å². The minimum atomic E-state index is -3.83. The van der Waals surface area contributed by atoms with Gasteiger partial charge in [0.15, 0.2) is 0 Å². The number of rotatable bonds is 5. The monoisotopic (exact) mass is 493 g/mol. The van der Waals surface area contributed by atoms with E-state index in [0.717, 1.165) is 30.4 Å². The average Bonchev–Trinajstić information content (AvgIpc) is 3.17. The number of methoxy groups -OCH3 is 1. The molecule has 0 atom stereocenters. The average molecular weight is 494 g/mol. The molecule has 0 bridgehead atoms. The van der Waals surface area contributed by atoms with Crippen LogP contribution in [0.2, 0.25) is 0 Å². The lowest BCUT2D eigenvalue weighted by Gasteiger charge is -2.34. The number of hydrogen-bond acceptors (Lipinski definition) is 6. The molecule has 5 rings (SSSR count). The van der Waals surface area contributed by atoms with Gasteiger partial charge in [0.2, 0.25) is 21.6 Å². The van der Waals surface area contributed by atoms with Gasteiger partial charge in [-0.25, -0.2) is 13.1 Å². The highest BCUT2D eigenvalue weighted by Crippen LogP contribution is 2.45. The minimum Gasteiger partial charge on any atom is -0.497 e. The lowest BCUT2D eigenvalue weighted by molar-refractivity contribution is 0.0813. The van der Waals surface area contributed by atoms with E-state index in [0.29, 0.717) is 34.0 Å². The molecule has 1 N–H and O–H groups in total. The number of Topliss-reactive ketones (excluding diaryl/α,β-unsaturated/α-hetero) is 2. The number of ketones is 2. The maximum absolute atomic E-state index is 13.3. The molecule has 7 nitrogen and oxygen atoms in total. The SMILES string of the molecule is COc1ccc(S(=O)(=O)NCc2oc3c(c2C)C(=O)C(=O)c2c-3ccc3c2CCCC3(C)C)cc1. The van der Waals surface area contributed by atoms with Crippen molar-refractivity contribution in [3.05, 3.63) is 70.0 Å². The molecule has 2 aliphatic carbocycles. The summed E-state index contributed by atoms with van der Waals surface area (Å²) < 4.78 is 39.2. The molecule has 1 aromatic heterocycles. The lowest BCUT2D eigenvalue weighted by Crippen LogP contribution is -2.29. The predicted octanol–water partition coefficient (Wildman–Crippen LogP) is 4.74. The first-order valence-electron chi connectivity index (χ1n) is 11.6. The molecule has 1 heterocycles.